The topological polar surface area (TPSA) is 100 Å². The van der Waals surface area contributed by atoms with Gasteiger partial charge in [-0.15, -0.1) is 5.10 Å². The Bertz CT molecular complexity index is 1410. The lowest BCUT2D eigenvalue weighted by Gasteiger charge is -2.34. The first-order valence-electron chi connectivity index (χ1n) is 14.0. The van der Waals surface area contributed by atoms with Gasteiger partial charge in [-0.2, -0.15) is 31.1 Å². The number of rotatable bonds is 11. The monoisotopic (exact) mass is 691 g/mol. The van der Waals surface area contributed by atoms with E-state index in [9.17, 15) is 31.1 Å². The van der Waals surface area contributed by atoms with Gasteiger partial charge in [-0.05, 0) is 95.4 Å². The number of aliphatic carboxylic acids is 1. The molecule has 1 aromatic carbocycles. The van der Waals surface area contributed by atoms with Crippen LogP contribution in [-0.4, -0.2) is 49.4 Å². The van der Waals surface area contributed by atoms with E-state index in [4.69, 9.17) is 5.11 Å². The zero-order valence-electron chi connectivity index (χ0n) is 24.0. The molecule has 4 rings (SSSR count). The maximum Gasteiger partial charge on any atom is 0.416 e. The number of carboxylic acids is 1. The van der Waals surface area contributed by atoms with Gasteiger partial charge in [-0.25, -0.2) is 4.98 Å². The average molecular weight is 693 g/mol. The fourth-order valence-electron chi connectivity index (χ4n) is 5.55. The minimum absolute atomic E-state index is 0.00686. The molecule has 0 unspecified atom stereocenters. The van der Waals surface area contributed by atoms with Crippen molar-refractivity contribution in [3.8, 4) is 0 Å². The molecule has 2 aromatic heterocycles. The second kappa shape index (κ2) is 13.7. The molecular weight excluding hydrogens is 660 g/mol. The van der Waals surface area contributed by atoms with E-state index in [1.807, 2.05) is 6.92 Å². The van der Waals surface area contributed by atoms with Gasteiger partial charge in [0.1, 0.15) is 5.82 Å². The van der Waals surface area contributed by atoms with Gasteiger partial charge in [0.05, 0.1) is 24.7 Å². The number of aromatic nitrogens is 5. The molecule has 3 aromatic rings. The fourth-order valence-corrected chi connectivity index (χ4v) is 5.93. The number of tetrazole rings is 1. The first-order chi connectivity index (χ1) is 20.6. The Hall–Kier alpha value is -3.43. The van der Waals surface area contributed by atoms with Crippen LogP contribution < -0.4 is 9.80 Å². The number of hydrogen-bond donors (Lipinski definition) is 1. The van der Waals surface area contributed by atoms with E-state index >= 15 is 0 Å². The predicted molar refractivity (Wildman–Crippen MR) is 153 cm³/mol. The van der Waals surface area contributed by atoms with Crippen LogP contribution >= 0.6 is 15.9 Å². The average Bonchev–Trinajstić information content (AvgIpc) is 3.37. The second-order valence-corrected chi connectivity index (χ2v) is 11.9. The predicted octanol–water partition coefficient (Wildman–Crippen LogP) is 6.72. The van der Waals surface area contributed by atoms with Crippen LogP contribution in [0.25, 0.3) is 0 Å². The number of aryl methyl sites for hydroxylation is 1. The van der Waals surface area contributed by atoms with Crippen LogP contribution in [0.1, 0.15) is 61.3 Å². The summed E-state index contributed by atoms with van der Waals surface area (Å²) >= 11 is 3.43. The van der Waals surface area contributed by atoms with Gasteiger partial charge in [0.25, 0.3) is 5.95 Å². The Morgan fingerprint density at radius 1 is 0.977 bits per heavy atom. The summed E-state index contributed by atoms with van der Waals surface area (Å²) in [5, 5.41) is 21.1. The molecule has 0 saturated heterocycles. The smallest absolute Gasteiger partial charge is 0.416 e. The summed E-state index contributed by atoms with van der Waals surface area (Å²) in [5.74, 6) is 0.291. The molecule has 0 atom stereocenters. The molecule has 0 radical (unpaired) electrons. The Kier molecular flexibility index (Phi) is 10.4. The quantitative estimate of drug-likeness (QED) is 0.221. The molecular formula is C28H32BrF6N7O2. The molecule has 1 saturated carbocycles. The first kappa shape index (κ1) is 33.5. The van der Waals surface area contributed by atoms with Crippen molar-refractivity contribution in [2.24, 2.45) is 18.9 Å². The highest BCUT2D eigenvalue weighted by Gasteiger charge is 2.37. The summed E-state index contributed by atoms with van der Waals surface area (Å²) in [7, 11) is 1.50. The van der Waals surface area contributed by atoms with Crippen molar-refractivity contribution < 1.29 is 36.2 Å². The van der Waals surface area contributed by atoms with E-state index in [1.54, 1.807) is 12.3 Å². The molecule has 0 spiro atoms. The third-order valence-corrected chi connectivity index (χ3v) is 8.10. The van der Waals surface area contributed by atoms with E-state index < -0.39 is 29.4 Å². The van der Waals surface area contributed by atoms with Crippen molar-refractivity contribution in [1.82, 2.24) is 25.2 Å². The Morgan fingerprint density at radius 2 is 1.59 bits per heavy atom. The molecule has 240 valence electrons. The number of halogens is 7. The fraction of sp³-hybridized carbons (Fsp3) is 0.536. The minimum atomic E-state index is -4.98. The number of alkyl halides is 6. The number of carboxylic acid groups (broad SMARTS) is 1. The molecule has 2 heterocycles. The Balaban J connectivity index is 1.64. The minimum Gasteiger partial charge on any atom is -0.481 e. The third-order valence-electron chi connectivity index (χ3n) is 7.66. The first-order valence-corrected chi connectivity index (χ1v) is 14.8. The standard InChI is InChI=1S/C28H32BrF6N7O2/c1-3-41(14-18-6-4-17(5-7-18)10-24(43)44)25-20(11-23(29)13-36-25)16-42(26-37-39-40(2)38-26)15-19-8-21(27(30,31)32)12-22(9-19)28(33,34)35/h8-9,11-13,17-18H,3-7,10,14-16H2,1-2H3,(H,43,44). The van der Waals surface area contributed by atoms with Gasteiger partial charge in [0, 0.05) is 42.3 Å². The summed E-state index contributed by atoms with van der Waals surface area (Å²) < 4.78 is 82.1. The summed E-state index contributed by atoms with van der Waals surface area (Å²) in [4.78, 5) is 20.4. The van der Waals surface area contributed by atoms with Crippen LogP contribution in [0.4, 0.5) is 38.1 Å². The largest absolute Gasteiger partial charge is 0.481 e. The Labute approximate surface area is 258 Å². The highest BCUT2D eigenvalue weighted by atomic mass is 79.9. The third kappa shape index (κ3) is 8.82. The maximum atomic E-state index is 13.6. The van der Waals surface area contributed by atoms with Crippen LogP contribution in [0.2, 0.25) is 0 Å². The summed E-state index contributed by atoms with van der Waals surface area (Å²) in [6, 6.07) is 3.28. The number of benzene rings is 1. The van der Waals surface area contributed by atoms with Crippen molar-refractivity contribution >= 4 is 33.7 Å². The van der Waals surface area contributed by atoms with E-state index in [1.165, 1.54) is 11.9 Å². The lowest BCUT2D eigenvalue weighted by molar-refractivity contribution is -0.143. The summed E-state index contributed by atoms with van der Waals surface area (Å²) in [5.41, 5.74) is -2.39. The van der Waals surface area contributed by atoms with Crippen molar-refractivity contribution in [1.29, 1.82) is 0 Å². The van der Waals surface area contributed by atoms with Crippen LogP contribution in [0.5, 0.6) is 0 Å². The van der Waals surface area contributed by atoms with E-state index in [2.05, 4.69) is 41.2 Å². The highest BCUT2D eigenvalue weighted by molar-refractivity contribution is 9.10. The number of nitrogens with zero attached hydrogens (tertiary/aromatic N) is 7. The number of carbonyl (C=O) groups is 1. The van der Waals surface area contributed by atoms with Crippen molar-refractivity contribution in [2.75, 3.05) is 22.9 Å². The molecule has 1 aliphatic rings. The SMILES string of the molecule is CCN(CC1CCC(CC(=O)O)CC1)c1ncc(Br)cc1CN(Cc1cc(C(F)(F)F)cc(C(F)(F)F)c1)c1nnn(C)n1. The van der Waals surface area contributed by atoms with Gasteiger partial charge in [0.15, 0.2) is 0 Å². The van der Waals surface area contributed by atoms with Gasteiger partial charge in [0.2, 0.25) is 0 Å². The molecule has 0 bridgehead atoms. The molecule has 0 amide bonds. The van der Waals surface area contributed by atoms with Gasteiger partial charge < -0.3 is 14.9 Å². The molecule has 0 aliphatic heterocycles. The lowest BCUT2D eigenvalue weighted by atomic mass is 9.80. The van der Waals surface area contributed by atoms with E-state index in [-0.39, 0.29) is 43.0 Å². The van der Waals surface area contributed by atoms with Gasteiger partial charge in [-0.1, -0.05) is 5.10 Å². The lowest BCUT2D eigenvalue weighted by Crippen LogP contribution is -2.34. The van der Waals surface area contributed by atoms with E-state index in [0.717, 1.165) is 30.5 Å². The van der Waals surface area contributed by atoms with E-state index in [0.29, 0.717) is 47.0 Å². The van der Waals surface area contributed by atoms with Crippen LogP contribution in [0.3, 0.4) is 0 Å². The molecule has 1 N–H and O–H groups in total. The van der Waals surface area contributed by atoms with Crippen LogP contribution in [-0.2, 0) is 37.3 Å². The maximum absolute atomic E-state index is 13.6. The van der Waals surface area contributed by atoms with Crippen LogP contribution in [0.15, 0.2) is 34.9 Å². The molecule has 9 nitrogen and oxygen atoms in total. The van der Waals surface area contributed by atoms with Crippen LogP contribution in [0, 0.1) is 11.8 Å². The second-order valence-electron chi connectivity index (χ2n) is 11.0. The van der Waals surface area contributed by atoms with Crippen molar-refractivity contribution in [3.63, 3.8) is 0 Å². The summed E-state index contributed by atoms with van der Waals surface area (Å²) in [6.45, 7) is 2.84. The summed E-state index contributed by atoms with van der Waals surface area (Å²) in [6.07, 6.45) is -4.82. The van der Waals surface area contributed by atoms with Crippen molar-refractivity contribution in [3.05, 3.63) is 57.2 Å². The normalized spacial score (nSPS) is 17.5. The molecule has 1 fully saturated rings. The molecule has 44 heavy (non-hydrogen) atoms. The molecule has 1 aliphatic carbocycles. The van der Waals surface area contributed by atoms with Gasteiger partial charge >= 0.3 is 18.3 Å². The molecule has 16 heteroatoms. The Morgan fingerprint density at radius 3 is 2.11 bits per heavy atom. The number of pyridine rings is 1. The number of anilines is 2. The zero-order valence-corrected chi connectivity index (χ0v) is 25.6. The zero-order chi connectivity index (χ0) is 32.2. The number of hydrogen-bond acceptors (Lipinski definition) is 7. The van der Waals surface area contributed by atoms with Crippen molar-refractivity contribution in [2.45, 2.75) is 64.5 Å². The van der Waals surface area contributed by atoms with Gasteiger partial charge in [-0.3, -0.25) is 4.79 Å². The highest BCUT2D eigenvalue weighted by Crippen LogP contribution is 2.37.